The van der Waals surface area contributed by atoms with Crippen molar-refractivity contribution in [3.05, 3.63) is 12.3 Å². The Kier molecular flexibility index (Phi) is 0.333. The Labute approximate surface area is 46.0 Å². The smallest absolute Gasteiger partial charge is 0.121 e. The van der Waals surface area contributed by atoms with Gasteiger partial charge in [-0.05, 0) is 6.07 Å². The Morgan fingerprint density at radius 1 is 2.14 bits per heavy atom. The van der Waals surface area contributed by atoms with Gasteiger partial charge in [-0.25, -0.2) is 0 Å². The molecule has 0 spiro atoms. The molecule has 3 nitrogen and oxygen atoms in total. The van der Waals surface area contributed by atoms with Crippen molar-refractivity contribution in [1.82, 2.24) is 9.78 Å². The summed E-state index contributed by atoms with van der Waals surface area (Å²) < 4.78 is 21.5. The molecular formula is C4H7N3. The molecule has 1 aromatic rings. The second-order valence-corrected chi connectivity index (χ2v) is 1.17. The normalized spacial score (nSPS) is 17.4. The summed E-state index contributed by atoms with van der Waals surface area (Å²) in [7, 11) is 0. The Morgan fingerprint density at radius 2 is 3.00 bits per heavy atom. The van der Waals surface area contributed by atoms with Crippen molar-refractivity contribution in [3.63, 3.8) is 0 Å². The number of anilines is 1. The van der Waals surface area contributed by atoms with Crippen LogP contribution in [0.5, 0.6) is 0 Å². The predicted molar refractivity (Wildman–Crippen MR) is 27.6 cm³/mol. The van der Waals surface area contributed by atoms with E-state index in [1.807, 2.05) is 0 Å². The van der Waals surface area contributed by atoms with E-state index in [0.29, 0.717) is 0 Å². The summed E-state index contributed by atoms with van der Waals surface area (Å²) in [6.07, 6.45) is 1.35. The number of nitrogens with zero attached hydrogens (tertiary/aromatic N) is 2. The first-order valence-corrected chi connectivity index (χ1v) is 1.82. The van der Waals surface area contributed by atoms with Gasteiger partial charge in [-0.15, -0.1) is 0 Å². The monoisotopic (exact) mass is 100 g/mol. The molecule has 0 unspecified atom stereocenters. The lowest BCUT2D eigenvalue weighted by molar-refractivity contribution is 0.779. The van der Waals surface area contributed by atoms with Crippen LogP contribution in [-0.4, -0.2) is 9.78 Å². The van der Waals surface area contributed by atoms with Crippen molar-refractivity contribution in [3.8, 4) is 0 Å². The minimum atomic E-state index is -2.26. The molecule has 0 aliphatic carbocycles. The molecule has 38 valence electrons. The SMILES string of the molecule is [2H]C([2H])([2H])n1nccc1N. The van der Waals surface area contributed by atoms with Crippen LogP contribution in [0.3, 0.4) is 0 Å². The highest BCUT2D eigenvalue weighted by Gasteiger charge is 1.84. The molecular weight excluding hydrogens is 90.1 g/mol. The summed E-state index contributed by atoms with van der Waals surface area (Å²) in [5.74, 6) is 0.153. The molecule has 1 rings (SSSR count). The summed E-state index contributed by atoms with van der Waals surface area (Å²) >= 11 is 0. The van der Waals surface area contributed by atoms with Crippen LogP contribution in [0.15, 0.2) is 12.3 Å². The van der Waals surface area contributed by atoms with Crippen LogP contribution in [0.25, 0.3) is 0 Å². The number of nitrogens with two attached hydrogens (primary N) is 1. The van der Waals surface area contributed by atoms with Gasteiger partial charge in [0.25, 0.3) is 0 Å². The fourth-order valence-electron chi connectivity index (χ4n) is 0.314. The molecule has 0 saturated carbocycles. The summed E-state index contributed by atoms with van der Waals surface area (Å²) in [5.41, 5.74) is 5.27. The van der Waals surface area contributed by atoms with Crippen molar-refractivity contribution in [2.24, 2.45) is 6.98 Å². The van der Waals surface area contributed by atoms with Gasteiger partial charge >= 0.3 is 0 Å². The Hall–Kier alpha value is -0.990. The molecule has 0 aliphatic rings. The van der Waals surface area contributed by atoms with Gasteiger partial charge < -0.3 is 5.73 Å². The molecule has 0 radical (unpaired) electrons. The molecule has 0 amide bonds. The van der Waals surface area contributed by atoms with E-state index in [0.717, 1.165) is 4.68 Å². The number of hydrogen-bond donors (Lipinski definition) is 1. The van der Waals surface area contributed by atoms with Gasteiger partial charge in [-0.3, -0.25) is 4.68 Å². The Balaban J connectivity index is 3.05. The lowest BCUT2D eigenvalue weighted by Gasteiger charge is -1.87. The Bertz CT molecular complexity index is 226. The molecule has 2 N–H and O–H groups in total. The van der Waals surface area contributed by atoms with Crippen LogP contribution in [0.2, 0.25) is 0 Å². The first kappa shape index (κ1) is 1.86. The van der Waals surface area contributed by atoms with E-state index >= 15 is 0 Å². The van der Waals surface area contributed by atoms with Crippen molar-refractivity contribution < 1.29 is 4.11 Å². The van der Waals surface area contributed by atoms with Gasteiger partial charge in [-0.1, -0.05) is 0 Å². The fraction of sp³-hybridized carbons (Fsp3) is 0.250. The number of aromatic nitrogens is 2. The van der Waals surface area contributed by atoms with Gasteiger partial charge in [0.2, 0.25) is 0 Å². The van der Waals surface area contributed by atoms with E-state index in [9.17, 15) is 0 Å². The molecule has 0 aliphatic heterocycles. The standard InChI is InChI=1S/C4H7N3/c1-7-4(5)2-3-6-7/h2-3H,5H2,1H3/i1D3. The second-order valence-electron chi connectivity index (χ2n) is 1.17. The number of aryl methyl sites for hydroxylation is 1. The molecule has 3 heteroatoms. The lowest BCUT2D eigenvalue weighted by atomic mass is 10.7. The van der Waals surface area contributed by atoms with E-state index in [4.69, 9.17) is 9.85 Å². The summed E-state index contributed by atoms with van der Waals surface area (Å²) in [6.45, 7) is -2.26. The summed E-state index contributed by atoms with van der Waals surface area (Å²) in [5, 5.41) is 3.52. The van der Waals surface area contributed by atoms with Crippen molar-refractivity contribution >= 4 is 5.82 Å². The molecule has 7 heavy (non-hydrogen) atoms. The van der Waals surface area contributed by atoms with Gasteiger partial charge in [-0.2, -0.15) is 5.10 Å². The van der Waals surface area contributed by atoms with E-state index in [-0.39, 0.29) is 5.82 Å². The second kappa shape index (κ2) is 1.26. The fourth-order valence-corrected chi connectivity index (χ4v) is 0.314. The molecule has 0 bridgehead atoms. The molecule has 1 heterocycles. The van der Waals surface area contributed by atoms with E-state index in [2.05, 4.69) is 5.10 Å². The Morgan fingerprint density at radius 3 is 3.29 bits per heavy atom. The lowest BCUT2D eigenvalue weighted by Crippen LogP contribution is -1.95. The predicted octanol–water partition coefficient (Wildman–Crippen LogP) is 0.00230. The van der Waals surface area contributed by atoms with Crippen LogP contribution in [-0.2, 0) is 6.98 Å². The molecule has 0 aromatic carbocycles. The van der Waals surface area contributed by atoms with E-state index < -0.39 is 6.98 Å². The quantitative estimate of drug-likeness (QED) is 0.498. The average Bonchev–Trinajstić information content (AvgIpc) is 2.11. The number of nitrogen functional groups attached to an aromatic ring is 1. The third-order valence-electron chi connectivity index (χ3n) is 0.672. The van der Waals surface area contributed by atoms with E-state index in [1.165, 1.54) is 12.3 Å². The molecule has 1 aromatic heterocycles. The van der Waals surface area contributed by atoms with Gasteiger partial charge in [0.15, 0.2) is 0 Å². The zero-order valence-corrected chi connectivity index (χ0v) is 3.63. The highest BCUT2D eigenvalue weighted by molar-refractivity contribution is 5.24. The zero-order valence-electron chi connectivity index (χ0n) is 6.63. The minimum Gasteiger partial charge on any atom is -0.384 e. The molecule has 0 fully saturated rings. The first-order valence-electron chi connectivity index (χ1n) is 3.32. The van der Waals surface area contributed by atoms with Crippen LogP contribution in [0.4, 0.5) is 5.82 Å². The highest BCUT2D eigenvalue weighted by Crippen LogP contribution is 1.92. The largest absolute Gasteiger partial charge is 0.384 e. The van der Waals surface area contributed by atoms with Gasteiger partial charge in [0.1, 0.15) is 5.82 Å². The van der Waals surface area contributed by atoms with Crippen molar-refractivity contribution in [2.75, 3.05) is 5.73 Å². The van der Waals surface area contributed by atoms with Crippen molar-refractivity contribution in [2.45, 2.75) is 0 Å². The van der Waals surface area contributed by atoms with E-state index in [1.54, 1.807) is 0 Å². The van der Waals surface area contributed by atoms with Crippen molar-refractivity contribution in [1.29, 1.82) is 0 Å². The maximum atomic E-state index is 6.88. The number of hydrogen-bond acceptors (Lipinski definition) is 2. The highest BCUT2D eigenvalue weighted by atomic mass is 15.3. The third kappa shape index (κ3) is 0.559. The summed E-state index contributed by atoms with van der Waals surface area (Å²) in [4.78, 5) is 0. The zero-order chi connectivity index (χ0) is 7.78. The van der Waals surface area contributed by atoms with Crippen LogP contribution >= 0.6 is 0 Å². The first-order chi connectivity index (χ1) is 4.52. The van der Waals surface area contributed by atoms with Gasteiger partial charge in [0, 0.05) is 11.1 Å². The van der Waals surface area contributed by atoms with Crippen LogP contribution in [0, 0.1) is 0 Å². The number of rotatable bonds is 0. The maximum Gasteiger partial charge on any atom is 0.121 e. The minimum absolute atomic E-state index is 0.153. The maximum absolute atomic E-state index is 6.88. The molecule has 0 saturated heterocycles. The van der Waals surface area contributed by atoms with Crippen LogP contribution in [0.1, 0.15) is 4.11 Å². The molecule has 0 atom stereocenters. The summed E-state index contributed by atoms with van der Waals surface area (Å²) in [6, 6.07) is 1.44. The topological polar surface area (TPSA) is 43.8 Å². The average molecular weight is 100 g/mol. The van der Waals surface area contributed by atoms with Gasteiger partial charge in [0.05, 0.1) is 6.20 Å². The van der Waals surface area contributed by atoms with Crippen LogP contribution < -0.4 is 5.73 Å². The third-order valence-corrected chi connectivity index (χ3v) is 0.672.